The van der Waals surface area contributed by atoms with E-state index in [1.54, 1.807) is 6.07 Å². The molecule has 1 fully saturated rings. The first-order chi connectivity index (χ1) is 7.89. The van der Waals surface area contributed by atoms with E-state index in [0.717, 1.165) is 18.4 Å². The maximum absolute atomic E-state index is 11.5. The number of hydrogen-bond acceptors (Lipinski definition) is 3. The largest absolute Gasteiger partial charge is 0.330 e. The Morgan fingerprint density at radius 3 is 2.35 bits per heavy atom. The number of nitrogens with two attached hydrogens (primary N) is 1. The number of hydrogen-bond donors (Lipinski definition) is 1. The zero-order valence-corrected chi connectivity index (χ0v) is 11.2. The van der Waals surface area contributed by atoms with Gasteiger partial charge < -0.3 is 5.73 Å². The number of aryl methyl sites for hydroxylation is 1. The maximum Gasteiger partial charge on any atom is 0.175 e. The smallest absolute Gasteiger partial charge is 0.175 e. The molecule has 1 aliphatic carbocycles. The lowest BCUT2D eigenvalue weighted by Crippen LogP contribution is -2.41. The molecule has 1 saturated carbocycles. The van der Waals surface area contributed by atoms with Gasteiger partial charge in [0.1, 0.15) is 0 Å². The highest BCUT2D eigenvalue weighted by Gasteiger charge is 2.37. The predicted octanol–water partition coefficient (Wildman–Crippen LogP) is 1.78. The molecule has 1 aromatic carbocycles. The average Bonchev–Trinajstić information content (AvgIpc) is 2.14. The average molecular weight is 253 g/mol. The lowest BCUT2D eigenvalue weighted by Gasteiger charge is -2.41. The highest BCUT2D eigenvalue weighted by molar-refractivity contribution is 7.90. The summed E-state index contributed by atoms with van der Waals surface area (Å²) in [5.74, 6) is 0. The molecule has 0 aliphatic heterocycles. The summed E-state index contributed by atoms with van der Waals surface area (Å²) in [7, 11) is -3.12. The third-order valence-electron chi connectivity index (χ3n) is 3.89. The van der Waals surface area contributed by atoms with E-state index < -0.39 is 9.84 Å². The zero-order chi connectivity index (χ0) is 12.7. The summed E-state index contributed by atoms with van der Waals surface area (Å²) in [5, 5.41) is 0. The van der Waals surface area contributed by atoms with E-state index in [1.807, 2.05) is 19.1 Å². The fourth-order valence-electron chi connectivity index (χ4n) is 2.61. The van der Waals surface area contributed by atoms with Gasteiger partial charge in [-0.15, -0.1) is 0 Å². The number of sulfone groups is 1. The second-order valence-corrected chi connectivity index (χ2v) is 7.07. The van der Waals surface area contributed by atoms with Crippen LogP contribution in [0.4, 0.5) is 0 Å². The van der Waals surface area contributed by atoms with Crippen molar-refractivity contribution in [3.8, 4) is 0 Å². The van der Waals surface area contributed by atoms with Gasteiger partial charge in [0.15, 0.2) is 9.84 Å². The molecule has 2 N–H and O–H groups in total. The van der Waals surface area contributed by atoms with Gasteiger partial charge in [-0.1, -0.05) is 18.6 Å². The molecule has 0 radical (unpaired) electrons. The van der Waals surface area contributed by atoms with Crippen LogP contribution >= 0.6 is 0 Å². The first kappa shape index (κ1) is 12.6. The molecule has 0 amide bonds. The topological polar surface area (TPSA) is 60.2 Å². The van der Waals surface area contributed by atoms with Gasteiger partial charge in [-0.05, 0) is 37.0 Å². The maximum atomic E-state index is 11.5. The van der Waals surface area contributed by atoms with E-state index in [1.165, 1.54) is 18.2 Å². The van der Waals surface area contributed by atoms with Crippen molar-refractivity contribution in [3.63, 3.8) is 0 Å². The molecule has 0 aromatic heterocycles. The van der Waals surface area contributed by atoms with E-state index in [9.17, 15) is 8.42 Å². The van der Waals surface area contributed by atoms with E-state index in [2.05, 4.69) is 0 Å². The molecular weight excluding hydrogens is 234 g/mol. The Morgan fingerprint density at radius 2 is 2.00 bits per heavy atom. The van der Waals surface area contributed by atoms with E-state index in [0.29, 0.717) is 11.4 Å². The minimum Gasteiger partial charge on any atom is -0.330 e. The summed E-state index contributed by atoms with van der Waals surface area (Å²) >= 11 is 0. The Bertz CT molecular complexity index is 525. The minimum atomic E-state index is -3.12. The molecule has 0 spiro atoms. The summed E-state index contributed by atoms with van der Waals surface area (Å²) in [6, 6.07) is 5.63. The zero-order valence-electron chi connectivity index (χ0n) is 10.4. The molecular formula is C13H19NO2S. The molecule has 0 saturated heterocycles. The standard InChI is InChI=1S/C13H19NO2S/c1-10-8-11(13(9-14)6-3-7-13)4-5-12(10)17(2,15)16/h4-5,8H,3,6-7,9,14H2,1-2H3. The Morgan fingerprint density at radius 1 is 1.35 bits per heavy atom. The first-order valence-electron chi connectivity index (χ1n) is 5.90. The molecule has 0 bridgehead atoms. The van der Waals surface area contributed by atoms with Crippen LogP contribution in [-0.2, 0) is 15.3 Å². The van der Waals surface area contributed by atoms with E-state index >= 15 is 0 Å². The van der Waals surface area contributed by atoms with Crippen LogP contribution < -0.4 is 5.73 Å². The second kappa shape index (κ2) is 4.10. The van der Waals surface area contributed by atoms with Gasteiger partial charge in [0.05, 0.1) is 4.90 Å². The second-order valence-electron chi connectivity index (χ2n) is 5.09. The van der Waals surface area contributed by atoms with Crippen LogP contribution in [0.1, 0.15) is 30.4 Å². The number of rotatable bonds is 3. The summed E-state index contributed by atoms with van der Waals surface area (Å²) in [4.78, 5) is 0.424. The van der Waals surface area contributed by atoms with Crippen LogP contribution in [-0.4, -0.2) is 21.2 Å². The number of benzene rings is 1. The van der Waals surface area contributed by atoms with Crippen LogP contribution in [0.3, 0.4) is 0 Å². The van der Waals surface area contributed by atoms with Crippen molar-refractivity contribution in [1.82, 2.24) is 0 Å². The van der Waals surface area contributed by atoms with Gasteiger partial charge in [-0.2, -0.15) is 0 Å². The lowest BCUT2D eigenvalue weighted by molar-refractivity contribution is 0.253. The van der Waals surface area contributed by atoms with Gasteiger partial charge in [0.25, 0.3) is 0 Å². The minimum absolute atomic E-state index is 0.0980. The molecule has 2 rings (SSSR count). The highest BCUT2D eigenvalue weighted by Crippen LogP contribution is 2.43. The molecule has 1 aromatic rings. The van der Waals surface area contributed by atoms with Crippen molar-refractivity contribution in [1.29, 1.82) is 0 Å². The van der Waals surface area contributed by atoms with Crippen molar-refractivity contribution >= 4 is 9.84 Å². The quantitative estimate of drug-likeness (QED) is 0.893. The summed E-state index contributed by atoms with van der Waals surface area (Å²) < 4.78 is 23.1. The molecule has 94 valence electrons. The predicted molar refractivity (Wildman–Crippen MR) is 68.9 cm³/mol. The third-order valence-corrected chi connectivity index (χ3v) is 5.15. The van der Waals surface area contributed by atoms with Crippen molar-refractivity contribution in [2.45, 2.75) is 36.5 Å². The van der Waals surface area contributed by atoms with Gasteiger partial charge in [0.2, 0.25) is 0 Å². The van der Waals surface area contributed by atoms with Gasteiger partial charge in [-0.3, -0.25) is 0 Å². The van der Waals surface area contributed by atoms with Crippen molar-refractivity contribution in [2.24, 2.45) is 5.73 Å². The van der Waals surface area contributed by atoms with Crippen LogP contribution in [0, 0.1) is 6.92 Å². The Hall–Kier alpha value is -0.870. The van der Waals surface area contributed by atoms with Crippen molar-refractivity contribution < 1.29 is 8.42 Å². The van der Waals surface area contributed by atoms with Gasteiger partial charge >= 0.3 is 0 Å². The summed E-state index contributed by atoms with van der Waals surface area (Å²) in [6.07, 6.45) is 4.68. The Balaban J connectivity index is 2.44. The summed E-state index contributed by atoms with van der Waals surface area (Å²) in [6.45, 7) is 2.49. The fourth-order valence-corrected chi connectivity index (χ4v) is 3.57. The van der Waals surface area contributed by atoms with Crippen LogP contribution in [0.25, 0.3) is 0 Å². The van der Waals surface area contributed by atoms with Crippen molar-refractivity contribution in [2.75, 3.05) is 12.8 Å². The molecule has 1 aliphatic rings. The molecule has 0 unspecified atom stereocenters. The molecule has 17 heavy (non-hydrogen) atoms. The SMILES string of the molecule is Cc1cc(C2(CN)CCC2)ccc1S(C)(=O)=O. The summed E-state index contributed by atoms with van der Waals surface area (Å²) in [5.41, 5.74) is 7.97. The molecule has 0 atom stereocenters. The van der Waals surface area contributed by atoms with Crippen molar-refractivity contribution in [3.05, 3.63) is 29.3 Å². The van der Waals surface area contributed by atoms with E-state index in [4.69, 9.17) is 5.73 Å². The molecule has 4 heteroatoms. The van der Waals surface area contributed by atoms with Gasteiger partial charge in [-0.25, -0.2) is 8.42 Å². The fraction of sp³-hybridized carbons (Fsp3) is 0.538. The van der Waals surface area contributed by atoms with Crippen LogP contribution in [0.2, 0.25) is 0 Å². The Kier molecular flexibility index (Phi) is 3.04. The van der Waals surface area contributed by atoms with E-state index in [-0.39, 0.29) is 5.41 Å². The first-order valence-corrected chi connectivity index (χ1v) is 7.79. The Labute approximate surface area is 103 Å². The van der Waals surface area contributed by atoms with Gasteiger partial charge in [0, 0.05) is 18.2 Å². The monoisotopic (exact) mass is 253 g/mol. The molecule has 0 heterocycles. The highest BCUT2D eigenvalue weighted by atomic mass is 32.2. The third kappa shape index (κ3) is 2.11. The lowest BCUT2D eigenvalue weighted by atomic mass is 9.64. The normalized spacial score (nSPS) is 18.8. The van der Waals surface area contributed by atoms with Crippen LogP contribution in [0.15, 0.2) is 23.1 Å². The molecule has 3 nitrogen and oxygen atoms in total. The van der Waals surface area contributed by atoms with Crippen LogP contribution in [0.5, 0.6) is 0 Å².